The molecule has 1 unspecified atom stereocenters. The minimum atomic E-state index is -0.980. The minimum absolute atomic E-state index is 0.490. The molecule has 0 saturated carbocycles. The van der Waals surface area contributed by atoms with E-state index in [9.17, 15) is 18.4 Å². The van der Waals surface area contributed by atoms with Crippen LogP contribution in [0.25, 0.3) is 0 Å². The number of anilines is 1. The second-order valence-electron chi connectivity index (χ2n) is 4.65. The molecule has 2 aromatic carbocycles. The van der Waals surface area contributed by atoms with Gasteiger partial charge in [0.15, 0.2) is 0 Å². The van der Waals surface area contributed by atoms with Crippen LogP contribution in [0.15, 0.2) is 48.5 Å². The number of para-hydroxylation sites is 1. The number of hydrogen-bond donors (Lipinski definition) is 2. The smallest absolute Gasteiger partial charge is 0.257 e. The molecule has 0 radical (unpaired) electrons. The average molecular weight is 304 g/mol. The number of benzene rings is 2. The molecule has 0 aliphatic rings. The van der Waals surface area contributed by atoms with Crippen LogP contribution < -0.4 is 10.6 Å². The van der Waals surface area contributed by atoms with Gasteiger partial charge in [-0.25, -0.2) is 8.78 Å². The van der Waals surface area contributed by atoms with Crippen molar-refractivity contribution in [3.05, 3.63) is 65.7 Å². The number of carbonyl (C=O) groups excluding carboxylic acids is 2. The topological polar surface area (TPSA) is 58.2 Å². The van der Waals surface area contributed by atoms with E-state index in [1.807, 2.05) is 0 Å². The monoisotopic (exact) mass is 304 g/mol. The van der Waals surface area contributed by atoms with Gasteiger partial charge in [0.1, 0.15) is 23.2 Å². The molecule has 0 saturated heterocycles. The molecule has 1 atom stereocenters. The summed E-state index contributed by atoms with van der Waals surface area (Å²) in [4.78, 5) is 23.8. The fraction of sp³-hybridized carbons (Fsp3) is 0.125. The van der Waals surface area contributed by atoms with Crippen LogP contribution in [0, 0.1) is 11.6 Å². The van der Waals surface area contributed by atoms with Crippen molar-refractivity contribution >= 4 is 17.5 Å². The number of carbonyl (C=O) groups is 2. The lowest BCUT2D eigenvalue weighted by molar-refractivity contribution is -0.117. The molecule has 0 spiro atoms. The zero-order chi connectivity index (χ0) is 16.1. The summed E-state index contributed by atoms with van der Waals surface area (Å²) in [7, 11) is 0. The maximum absolute atomic E-state index is 13.5. The fourth-order valence-corrected chi connectivity index (χ4v) is 1.82. The Morgan fingerprint density at radius 2 is 1.55 bits per heavy atom. The summed E-state index contributed by atoms with van der Waals surface area (Å²) in [6, 6.07) is 10.8. The predicted molar refractivity (Wildman–Crippen MR) is 78.4 cm³/mol. The van der Waals surface area contributed by atoms with E-state index in [1.54, 1.807) is 30.3 Å². The van der Waals surface area contributed by atoms with Crippen molar-refractivity contribution < 1.29 is 18.4 Å². The van der Waals surface area contributed by atoms with E-state index in [2.05, 4.69) is 10.6 Å². The van der Waals surface area contributed by atoms with Crippen molar-refractivity contribution in [1.29, 1.82) is 0 Å². The molecule has 4 nitrogen and oxygen atoms in total. The van der Waals surface area contributed by atoms with Gasteiger partial charge in [-0.2, -0.15) is 0 Å². The first-order valence-corrected chi connectivity index (χ1v) is 6.60. The second kappa shape index (κ2) is 6.80. The fourth-order valence-electron chi connectivity index (χ4n) is 1.82. The third-order valence-corrected chi connectivity index (χ3v) is 2.97. The van der Waals surface area contributed by atoms with Crippen molar-refractivity contribution in [2.75, 3.05) is 5.32 Å². The van der Waals surface area contributed by atoms with Crippen molar-refractivity contribution in [3.8, 4) is 0 Å². The van der Waals surface area contributed by atoms with Crippen LogP contribution >= 0.6 is 0 Å². The molecule has 0 aromatic heterocycles. The van der Waals surface area contributed by atoms with Crippen LogP contribution in [-0.2, 0) is 4.79 Å². The van der Waals surface area contributed by atoms with E-state index in [4.69, 9.17) is 0 Å². The molecule has 0 aliphatic carbocycles. The molecule has 0 aliphatic heterocycles. The Morgan fingerprint density at radius 1 is 0.955 bits per heavy atom. The van der Waals surface area contributed by atoms with Crippen molar-refractivity contribution in [2.24, 2.45) is 0 Å². The standard InChI is InChI=1S/C16H14F2N2O2/c1-10(15(21)20-11-6-3-2-4-7-11)19-16(22)14-12(17)8-5-9-13(14)18/h2-10H,1H3,(H,19,22)(H,20,21). The third kappa shape index (κ3) is 3.66. The Morgan fingerprint density at radius 3 is 2.14 bits per heavy atom. The van der Waals surface area contributed by atoms with E-state index >= 15 is 0 Å². The maximum atomic E-state index is 13.5. The lowest BCUT2D eigenvalue weighted by Crippen LogP contribution is -2.42. The summed E-state index contributed by atoms with van der Waals surface area (Å²) >= 11 is 0. The zero-order valence-electron chi connectivity index (χ0n) is 11.8. The van der Waals surface area contributed by atoms with Gasteiger partial charge in [-0.1, -0.05) is 24.3 Å². The van der Waals surface area contributed by atoms with E-state index < -0.39 is 35.1 Å². The van der Waals surface area contributed by atoms with Gasteiger partial charge in [0.25, 0.3) is 5.91 Å². The van der Waals surface area contributed by atoms with Crippen molar-refractivity contribution in [3.63, 3.8) is 0 Å². The second-order valence-corrected chi connectivity index (χ2v) is 4.65. The molecule has 0 heterocycles. The van der Waals surface area contributed by atoms with Gasteiger partial charge in [0.2, 0.25) is 5.91 Å². The summed E-state index contributed by atoms with van der Waals surface area (Å²) in [6.07, 6.45) is 0. The van der Waals surface area contributed by atoms with Gasteiger partial charge in [0, 0.05) is 5.69 Å². The minimum Gasteiger partial charge on any atom is -0.340 e. The Labute approximate surface area is 126 Å². The summed E-state index contributed by atoms with van der Waals surface area (Å²) in [5.41, 5.74) is -0.146. The Kier molecular flexibility index (Phi) is 4.83. The Balaban J connectivity index is 2.03. The molecule has 0 fully saturated rings. The highest BCUT2D eigenvalue weighted by atomic mass is 19.1. The molecule has 114 valence electrons. The highest BCUT2D eigenvalue weighted by Crippen LogP contribution is 2.12. The number of halogens is 2. The number of hydrogen-bond acceptors (Lipinski definition) is 2. The lowest BCUT2D eigenvalue weighted by Gasteiger charge is -2.14. The molecule has 22 heavy (non-hydrogen) atoms. The van der Waals surface area contributed by atoms with Crippen LogP contribution in [0.5, 0.6) is 0 Å². The van der Waals surface area contributed by atoms with Crippen molar-refractivity contribution in [2.45, 2.75) is 13.0 Å². The van der Waals surface area contributed by atoms with E-state index in [1.165, 1.54) is 6.92 Å². The molecule has 2 rings (SSSR count). The van der Waals surface area contributed by atoms with Gasteiger partial charge < -0.3 is 10.6 Å². The number of nitrogens with one attached hydrogen (secondary N) is 2. The molecular weight excluding hydrogens is 290 g/mol. The van der Waals surface area contributed by atoms with Gasteiger partial charge >= 0.3 is 0 Å². The SMILES string of the molecule is CC(NC(=O)c1c(F)cccc1F)C(=O)Nc1ccccc1. The van der Waals surface area contributed by atoms with Crippen LogP contribution in [0.1, 0.15) is 17.3 Å². The summed E-state index contributed by atoms with van der Waals surface area (Å²) in [5, 5.41) is 4.85. The van der Waals surface area contributed by atoms with E-state index in [0.717, 1.165) is 18.2 Å². The molecule has 2 amide bonds. The van der Waals surface area contributed by atoms with Crippen LogP contribution in [-0.4, -0.2) is 17.9 Å². The van der Waals surface area contributed by atoms with Gasteiger partial charge in [-0.15, -0.1) is 0 Å². The molecular formula is C16H14F2N2O2. The first-order chi connectivity index (χ1) is 10.5. The average Bonchev–Trinajstić information content (AvgIpc) is 2.48. The third-order valence-electron chi connectivity index (χ3n) is 2.97. The predicted octanol–water partition coefficient (Wildman–Crippen LogP) is 2.72. The molecule has 2 aromatic rings. The lowest BCUT2D eigenvalue weighted by atomic mass is 10.1. The summed E-state index contributed by atoms with van der Waals surface area (Å²) in [6.45, 7) is 1.43. The number of rotatable bonds is 4. The van der Waals surface area contributed by atoms with Crippen molar-refractivity contribution in [1.82, 2.24) is 5.32 Å². The highest BCUT2D eigenvalue weighted by Gasteiger charge is 2.21. The maximum Gasteiger partial charge on any atom is 0.257 e. The molecule has 2 N–H and O–H groups in total. The molecule has 0 bridgehead atoms. The van der Waals surface area contributed by atoms with Crippen LogP contribution in [0.4, 0.5) is 14.5 Å². The Hall–Kier alpha value is -2.76. The summed E-state index contributed by atoms with van der Waals surface area (Å²) < 4.78 is 27.0. The summed E-state index contributed by atoms with van der Waals surface area (Å²) in [5.74, 6) is -3.43. The number of amides is 2. The first kappa shape index (κ1) is 15.6. The van der Waals surface area contributed by atoms with Crippen LogP contribution in [0.3, 0.4) is 0 Å². The normalized spacial score (nSPS) is 11.6. The van der Waals surface area contributed by atoms with Gasteiger partial charge in [-0.3, -0.25) is 9.59 Å². The van der Waals surface area contributed by atoms with Gasteiger partial charge in [-0.05, 0) is 31.2 Å². The molecule has 6 heteroatoms. The Bertz CT molecular complexity index is 670. The zero-order valence-corrected chi connectivity index (χ0v) is 11.8. The highest BCUT2D eigenvalue weighted by molar-refractivity contribution is 6.01. The quantitative estimate of drug-likeness (QED) is 0.912. The van der Waals surface area contributed by atoms with Crippen LogP contribution in [0.2, 0.25) is 0 Å². The van der Waals surface area contributed by atoms with Gasteiger partial charge in [0.05, 0.1) is 0 Å². The first-order valence-electron chi connectivity index (χ1n) is 6.60. The van der Waals surface area contributed by atoms with E-state index in [-0.39, 0.29) is 0 Å². The van der Waals surface area contributed by atoms with E-state index in [0.29, 0.717) is 5.69 Å². The largest absolute Gasteiger partial charge is 0.340 e.